The predicted octanol–water partition coefficient (Wildman–Crippen LogP) is 4.81. The molecule has 1 heterocycles. The molecule has 0 unspecified atom stereocenters. The summed E-state index contributed by atoms with van der Waals surface area (Å²) in [6.45, 7) is 10.1. The van der Waals surface area contributed by atoms with Crippen LogP contribution in [0.25, 0.3) is 23.1 Å². The Morgan fingerprint density at radius 1 is 1.31 bits per heavy atom. The molecule has 1 heteroatoms. The molecule has 0 fully saturated rings. The molecular formula is C15H16O. The molecule has 0 saturated heterocycles. The van der Waals surface area contributed by atoms with Crippen LogP contribution < -0.4 is 0 Å². The van der Waals surface area contributed by atoms with E-state index in [0.717, 1.165) is 22.3 Å². The lowest BCUT2D eigenvalue weighted by atomic mass is 10.1. The van der Waals surface area contributed by atoms with E-state index in [2.05, 4.69) is 45.6 Å². The van der Waals surface area contributed by atoms with Crippen LogP contribution in [0.15, 0.2) is 34.8 Å². The number of rotatable bonds is 2. The molecule has 2 rings (SSSR count). The normalized spacial score (nSPS) is 10.4. The van der Waals surface area contributed by atoms with Crippen LogP contribution in [-0.2, 0) is 0 Å². The average molecular weight is 212 g/mol. The summed E-state index contributed by atoms with van der Waals surface area (Å²) in [5, 5.41) is 1.16. The standard InChI is InChI=1S/C15H16O/c1-5-14-12(8-10(2)3)13-9-11(4)6-7-15(13)16-14/h5-9H,1H2,2-4H3. The van der Waals surface area contributed by atoms with E-state index in [1.807, 2.05) is 6.07 Å². The molecule has 1 aromatic carbocycles. The summed E-state index contributed by atoms with van der Waals surface area (Å²) in [6.07, 6.45) is 3.91. The zero-order chi connectivity index (χ0) is 11.7. The molecule has 2 aromatic rings. The Hall–Kier alpha value is -1.76. The molecule has 0 aliphatic carbocycles. The predicted molar refractivity (Wildman–Crippen MR) is 70.4 cm³/mol. The number of aryl methyl sites for hydroxylation is 1. The van der Waals surface area contributed by atoms with Gasteiger partial charge in [0, 0.05) is 10.9 Å². The number of benzene rings is 1. The minimum absolute atomic E-state index is 0.849. The Morgan fingerprint density at radius 3 is 2.69 bits per heavy atom. The Kier molecular flexibility index (Phi) is 2.69. The zero-order valence-electron chi connectivity index (χ0n) is 10.0. The third-order valence-electron chi connectivity index (χ3n) is 2.53. The monoisotopic (exact) mass is 212 g/mol. The molecule has 0 N–H and O–H groups in total. The lowest BCUT2D eigenvalue weighted by Crippen LogP contribution is -1.76. The Balaban J connectivity index is 2.80. The molecule has 0 radical (unpaired) electrons. The smallest absolute Gasteiger partial charge is 0.135 e. The minimum Gasteiger partial charge on any atom is -0.456 e. The number of furan rings is 1. The zero-order valence-corrected chi connectivity index (χ0v) is 10.0. The maximum atomic E-state index is 5.74. The molecule has 0 bridgehead atoms. The Labute approximate surface area is 96.1 Å². The van der Waals surface area contributed by atoms with Crippen LogP contribution in [0.4, 0.5) is 0 Å². The van der Waals surface area contributed by atoms with Crippen molar-refractivity contribution in [3.05, 3.63) is 47.2 Å². The van der Waals surface area contributed by atoms with E-state index in [9.17, 15) is 0 Å². The van der Waals surface area contributed by atoms with Crippen molar-refractivity contribution in [2.45, 2.75) is 20.8 Å². The van der Waals surface area contributed by atoms with Gasteiger partial charge < -0.3 is 4.42 Å². The molecule has 82 valence electrons. The second-order valence-electron chi connectivity index (χ2n) is 4.31. The van der Waals surface area contributed by atoms with E-state index < -0.39 is 0 Å². The van der Waals surface area contributed by atoms with Crippen LogP contribution in [0.5, 0.6) is 0 Å². The van der Waals surface area contributed by atoms with E-state index in [1.165, 1.54) is 11.1 Å². The van der Waals surface area contributed by atoms with Crippen molar-refractivity contribution < 1.29 is 4.42 Å². The molecule has 0 atom stereocenters. The molecule has 0 amide bonds. The summed E-state index contributed by atoms with van der Waals surface area (Å²) >= 11 is 0. The van der Waals surface area contributed by atoms with Gasteiger partial charge in [0.15, 0.2) is 0 Å². The second-order valence-corrected chi connectivity index (χ2v) is 4.31. The third-order valence-corrected chi connectivity index (χ3v) is 2.53. The lowest BCUT2D eigenvalue weighted by Gasteiger charge is -1.95. The van der Waals surface area contributed by atoms with E-state index in [1.54, 1.807) is 6.08 Å². The van der Waals surface area contributed by atoms with Crippen molar-refractivity contribution in [3.63, 3.8) is 0 Å². The van der Waals surface area contributed by atoms with Gasteiger partial charge in [-0.1, -0.05) is 29.9 Å². The summed E-state index contributed by atoms with van der Waals surface area (Å²) in [6, 6.07) is 6.23. The maximum Gasteiger partial charge on any atom is 0.135 e. The van der Waals surface area contributed by atoms with Gasteiger partial charge in [0.05, 0.1) is 0 Å². The van der Waals surface area contributed by atoms with Crippen LogP contribution >= 0.6 is 0 Å². The fraction of sp³-hybridized carbons (Fsp3) is 0.200. The van der Waals surface area contributed by atoms with Crippen molar-refractivity contribution in [3.8, 4) is 0 Å². The molecule has 1 aromatic heterocycles. The van der Waals surface area contributed by atoms with Crippen molar-refractivity contribution in [1.29, 1.82) is 0 Å². The molecule has 16 heavy (non-hydrogen) atoms. The summed E-state index contributed by atoms with van der Waals surface area (Å²) in [5.74, 6) is 0.849. The van der Waals surface area contributed by atoms with Crippen molar-refractivity contribution in [2.75, 3.05) is 0 Å². The first-order valence-electron chi connectivity index (χ1n) is 5.42. The van der Waals surface area contributed by atoms with Crippen molar-refractivity contribution >= 4 is 23.1 Å². The van der Waals surface area contributed by atoms with Gasteiger partial charge in [0.25, 0.3) is 0 Å². The summed E-state index contributed by atoms with van der Waals surface area (Å²) < 4.78 is 5.74. The highest BCUT2D eigenvalue weighted by Gasteiger charge is 2.09. The topological polar surface area (TPSA) is 13.1 Å². The molecule has 0 aliphatic heterocycles. The van der Waals surface area contributed by atoms with Gasteiger partial charge in [0.2, 0.25) is 0 Å². The number of hydrogen-bond donors (Lipinski definition) is 0. The second kappa shape index (κ2) is 4.01. The van der Waals surface area contributed by atoms with Gasteiger partial charge in [-0.2, -0.15) is 0 Å². The summed E-state index contributed by atoms with van der Waals surface area (Å²) in [5.41, 5.74) is 4.56. The molecule has 0 spiro atoms. The van der Waals surface area contributed by atoms with Crippen molar-refractivity contribution in [2.24, 2.45) is 0 Å². The van der Waals surface area contributed by atoms with Crippen molar-refractivity contribution in [1.82, 2.24) is 0 Å². The van der Waals surface area contributed by atoms with Gasteiger partial charge >= 0.3 is 0 Å². The van der Waals surface area contributed by atoms with E-state index in [-0.39, 0.29) is 0 Å². The van der Waals surface area contributed by atoms with Crippen LogP contribution in [0.1, 0.15) is 30.7 Å². The molecule has 0 saturated carbocycles. The fourth-order valence-electron chi connectivity index (χ4n) is 1.84. The van der Waals surface area contributed by atoms with Crippen LogP contribution in [0, 0.1) is 6.92 Å². The first-order valence-corrected chi connectivity index (χ1v) is 5.42. The fourth-order valence-corrected chi connectivity index (χ4v) is 1.84. The molecular weight excluding hydrogens is 196 g/mol. The quantitative estimate of drug-likeness (QED) is 0.696. The van der Waals surface area contributed by atoms with Crippen LogP contribution in [0.3, 0.4) is 0 Å². The molecule has 0 aliphatic rings. The van der Waals surface area contributed by atoms with Gasteiger partial charge in [0.1, 0.15) is 11.3 Å². The van der Waals surface area contributed by atoms with Gasteiger partial charge in [-0.05, 0) is 39.0 Å². The maximum absolute atomic E-state index is 5.74. The SMILES string of the molecule is C=Cc1oc2ccc(C)cc2c1C=C(C)C. The first-order chi connectivity index (χ1) is 7.61. The van der Waals surface area contributed by atoms with Crippen LogP contribution in [-0.4, -0.2) is 0 Å². The minimum atomic E-state index is 0.849. The number of allylic oxidation sites excluding steroid dienone is 1. The lowest BCUT2D eigenvalue weighted by molar-refractivity contribution is 0.603. The highest BCUT2D eigenvalue weighted by atomic mass is 16.3. The van der Waals surface area contributed by atoms with Gasteiger partial charge in [-0.3, -0.25) is 0 Å². The van der Waals surface area contributed by atoms with Gasteiger partial charge in [-0.15, -0.1) is 0 Å². The van der Waals surface area contributed by atoms with Crippen LogP contribution in [0.2, 0.25) is 0 Å². The number of hydrogen-bond acceptors (Lipinski definition) is 1. The Bertz CT molecular complexity index is 566. The van der Waals surface area contributed by atoms with E-state index in [4.69, 9.17) is 4.42 Å². The Morgan fingerprint density at radius 2 is 2.06 bits per heavy atom. The molecule has 1 nitrogen and oxygen atoms in total. The first kappa shape index (κ1) is 10.7. The van der Waals surface area contributed by atoms with Gasteiger partial charge in [-0.25, -0.2) is 0 Å². The highest BCUT2D eigenvalue weighted by molar-refractivity contribution is 5.91. The summed E-state index contributed by atoms with van der Waals surface area (Å²) in [7, 11) is 0. The number of fused-ring (bicyclic) bond motifs is 1. The largest absolute Gasteiger partial charge is 0.456 e. The van der Waals surface area contributed by atoms with E-state index >= 15 is 0 Å². The van der Waals surface area contributed by atoms with E-state index in [0.29, 0.717) is 0 Å². The third kappa shape index (κ3) is 1.81. The summed E-state index contributed by atoms with van der Waals surface area (Å²) in [4.78, 5) is 0. The highest BCUT2D eigenvalue weighted by Crippen LogP contribution is 2.29. The average Bonchev–Trinajstić information content (AvgIpc) is 2.56.